The molecule has 0 spiro atoms. The average molecular weight is 539 g/mol. The minimum absolute atomic E-state index is 0.186. The second kappa shape index (κ2) is 17.8. The van der Waals surface area contributed by atoms with E-state index in [0.29, 0.717) is 24.0 Å². The molecule has 2 rings (SSSR count). The zero-order chi connectivity index (χ0) is 28.5. The maximum atomic E-state index is 12.6. The van der Waals surface area contributed by atoms with Crippen molar-refractivity contribution < 1.29 is 29.1 Å². The van der Waals surface area contributed by atoms with E-state index in [-0.39, 0.29) is 6.29 Å². The lowest BCUT2D eigenvalue weighted by Crippen LogP contribution is -2.31. The predicted octanol–water partition coefficient (Wildman–Crippen LogP) is 8.94. The maximum absolute atomic E-state index is 12.6. The largest absolute Gasteiger partial charge is 0.373 e. The van der Waals surface area contributed by atoms with Crippen LogP contribution in [0.3, 0.4) is 0 Å². The Hall–Kier alpha value is -2.70. The van der Waals surface area contributed by atoms with Crippen LogP contribution in [0.5, 0.6) is 0 Å². The Morgan fingerprint density at radius 1 is 0.590 bits per heavy atom. The van der Waals surface area contributed by atoms with Gasteiger partial charge >= 0.3 is 18.2 Å². The van der Waals surface area contributed by atoms with E-state index in [1.165, 1.54) is 49.7 Å². The van der Waals surface area contributed by atoms with E-state index in [9.17, 15) is 9.59 Å². The normalized spacial score (nSPS) is 11.5. The molecule has 6 heteroatoms. The molecule has 0 bridgehead atoms. The topological polar surface area (TPSA) is 71.1 Å². The first-order chi connectivity index (χ1) is 18.9. The van der Waals surface area contributed by atoms with E-state index in [4.69, 9.17) is 19.6 Å². The standard InChI is InChI=1S/C33H46O6/c1-6-10-12-14-16-26-18-22-28(23-19-26)30(34)36-38-32(33(5,8-3)9-4)39-37-31(35)29-24-20-27(21-25-29)17-15-13-11-7-2/h18-25H,5-17H2,1-4H3. The first-order valence-corrected chi connectivity index (χ1v) is 14.5. The zero-order valence-electron chi connectivity index (χ0n) is 24.3. The van der Waals surface area contributed by atoms with Crippen molar-refractivity contribution in [2.75, 3.05) is 0 Å². The van der Waals surface area contributed by atoms with Crippen molar-refractivity contribution in [2.45, 2.75) is 105 Å². The van der Waals surface area contributed by atoms with Gasteiger partial charge in [-0.1, -0.05) is 90.5 Å². The van der Waals surface area contributed by atoms with Crippen molar-refractivity contribution in [1.82, 2.24) is 0 Å². The Labute approximate surface area is 235 Å². The number of unbranched alkanes of at least 4 members (excludes halogenated alkanes) is 6. The van der Waals surface area contributed by atoms with Crippen molar-refractivity contribution in [3.05, 3.63) is 84.0 Å². The highest BCUT2D eigenvalue weighted by Gasteiger charge is 2.40. The van der Waals surface area contributed by atoms with E-state index in [0.717, 1.165) is 25.7 Å². The molecule has 2 radical (unpaired) electrons. The van der Waals surface area contributed by atoms with Gasteiger partial charge in [0, 0.05) is 5.41 Å². The van der Waals surface area contributed by atoms with Gasteiger partial charge in [-0.2, -0.15) is 0 Å². The number of carbonyl (C=O) groups is 2. The highest BCUT2D eigenvalue weighted by atomic mass is 17.3. The fraction of sp³-hybridized carbons (Fsp3) is 0.515. The molecule has 0 saturated heterocycles. The van der Waals surface area contributed by atoms with Crippen LogP contribution in [-0.2, 0) is 32.4 Å². The summed E-state index contributed by atoms with van der Waals surface area (Å²) in [6.45, 7) is 12.3. The van der Waals surface area contributed by atoms with Crippen LogP contribution in [0.15, 0.2) is 48.5 Å². The molecule has 0 unspecified atom stereocenters. The number of benzene rings is 2. The molecule has 2 aromatic carbocycles. The summed E-state index contributed by atoms with van der Waals surface area (Å²) in [4.78, 5) is 46.0. The minimum Gasteiger partial charge on any atom is -0.289 e. The summed E-state index contributed by atoms with van der Waals surface area (Å²) in [5, 5.41) is 0. The SMILES string of the molecule is [CH2]C(CC)(CC)[C](OOC(=O)c1ccc(CCCCCC)cc1)OOC(=O)c1ccc(CCCCCC)cc1. The van der Waals surface area contributed by atoms with Gasteiger partial charge in [-0.05, 0) is 80.8 Å². The van der Waals surface area contributed by atoms with Gasteiger partial charge in [0.2, 0.25) is 0 Å². The molecule has 0 fully saturated rings. The van der Waals surface area contributed by atoms with Crippen molar-refractivity contribution >= 4 is 11.9 Å². The van der Waals surface area contributed by atoms with E-state index < -0.39 is 17.4 Å². The van der Waals surface area contributed by atoms with Crippen LogP contribution in [0.4, 0.5) is 0 Å². The van der Waals surface area contributed by atoms with Crippen LogP contribution < -0.4 is 0 Å². The molecule has 0 aliphatic heterocycles. The molecule has 0 amide bonds. The van der Waals surface area contributed by atoms with Crippen molar-refractivity contribution in [3.63, 3.8) is 0 Å². The first kappa shape index (κ1) is 32.5. The van der Waals surface area contributed by atoms with Gasteiger partial charge in [0.1, 0.15) is 0 Å². The van der Waals surface area contributed by atoms with Crippen LogP contribution in [0, 0.1) is 18.6 Å². The number of aryl methyl sites for hydroxylation is 2. The second-order valence-electron chi connectivity index (χ2n) is 10.2. The van der Waals surface area contributed by atoms with Gasteiger partial charge in [-0.15, -0.1) is 9.78 Å². The van der Waals surface area contributed by atoms with Gasteiger partial charge in [0.15, 0.2) is 0 Å². The third-order valence-corrected chi connectivity index (χ3v) is 7.19. The average Bonchev–Trinajstić information content (AvgIpc) is 2.97. The molecular formula is C33H46O6. The quantitative estimate of drug-likeness (QED) is 0.101. The summed E-state index contributed by atoms with van der Waals surface area (Å²) in [6.07, 6.45) is 12.3. The first-order valence-electron chi connectivity index (χ1n) is 14.5. The predicted molar refractivity (Wildman–Crippen MR) is 153 cm³/mol. The molecule has 0 aliphatic carbocycles. The molecule has 39 heavy (non-hydrogen) atoms. The van der Waals surface area contributed by atoms with Gasteiger partial charge in [-0.3, -0.25) is 9.78 Å². The molecule has 214 valence electrons. The van der Waals surface area contributed by atoms with Gasteiger partial charge in [0.05, 0.1) is 11.1 Å². The fourth-order valence-corrected chi connectivity index (χ4v) is 4.10. The van der Waals surface area contributed by atoms with Crippen molar-refractivity contribution in [2.24, 2.45) is 5.41 Å². The highest BCUT2D eigenvalue weighted by Crippen LogP contribution is 2.38. The van der Waals surface area contributed by atoms with Crippen LogP contribution in [0.1, 0.15) is 124 Å². The molecule has 0 atom stereocenters. The molecule has 6 nitrogen and oxygen atoms in total. The Bertz CT molecular complexity index is 891. The third-order valence-electron chi connectivity index (χ3n) is 7.19. The lowest BCUT2D eigenvalue weighted by atomic mass is 9.84. The number of hydrogen-bond donors (Lipinski definition) is 0. The third kappa shape index (κ3) is 11.1. The van der Waals surface area contributed by atoms with E-state index >= 15 is 0 Å². The van der Waals surface area contributed by atoms with E-state index in [1.54, 1.807) is 24.3 Å². The Morgan fingerprint density at radius 2 is 0.974 bits per heavy atom. The van der Waals surface area contributed by atoms with Crippen LogP contribution >= 0.6 is 0 Å². The molecule has 2 aromatic rings. The lowest BCUT2D eigenvalue weighted by Gasteiger charge is -2.30. The molecule has 0 aliphatic rings. The number of rotatable bonds is 19. The van der Waals surface area contributed by atoms with Gasteiger partial charge in [0.25, 0.3) is 0 Å². The number of carbonyl (C=O) groups excluding carboxylic acids is 2. The van der Waals surface area contributed by atoms with Crippen LogP contribution in [0.25, 0.3) is 0 Å². The van der Waals surface area contributed by atoms with Crippen LogP contribution in [-0.4, -0.2) is 11.9 Å². The van der Waals surface area contributed by atoms with E-state index in [2.05, 4.69) is 20.8 Å². The van der Waals surface area contributed by atoms with Gasteiger partial charge < -0.3 is 0 Å². The smallest absolute Gasteiger partial charge is 0.289 e. The van der Waals surface area contributed by atoms with Crippen molar-refractivity contribution in [3.8, 4) is 0 Å². The molecule has 0 N–H and O–H groups in total. The maximum Gasteiger partial charge on any atom is 0.373 e. The van der Waals surface area contributed by atoms with Crippen molar-refractivity contribution in [1.29, 1.82) is 0 Å². The summed E-state index contributed by atoms with van der Waals surface area (Å²) in [5.74, 6) is -1.35. The number of hydrogen-bond acceptors (Lipinski definition) is 6. The molecule has 0 heterocycles. The summed E-state index contributed by atoms with van der Waals surface area (Å²) in [5.41, 5.74) is 2.15. The summed E-state index contributed by atoms with van der Waals surface area (Å²) >= 11 is 0. The summed E-state index contributed by atoms with van der Waals surface area (Å²) in [7, 11) is 0. The zero-order valence-corrected chi connectivity index (χ0v) is 24.3. The Kier molecular flexibility index (Phi) is 14.8. The Balaban J connectivity index is 1.93. The highest BCUT2D eigenvalue weighted by molar-refractivity contribution is 5.89. The lowest BCUT2D eigenvalue weighted by molar-refractivity contribution is -0.381. The minimum atomic E-state index is -0.884. The summed E-state index contributed by atoms with van der Waals surface area (Å²) < 4.78 is 0. The van der Waals surface area contributed by atoms with Gasteiger partial charge in [-0.25, -0.2) is 9.59 Å². The monoisotopic (exact) mass is 538 g/mol. The van der Waals surface area contributed by atoms with Crippen LogP contribution in [0.2, 0.25) is 0 Å². The fourth-order valence-electron chi connectivity index (χ4n) is 4.10. The summed E-state index contributed by atoms with van der Waals surface area (Å²) in [6, 6.07) is 14.5. The molecule has 0 saturated carbocycles. The Morgan fingerprint density at radius 3 is 1.31 bits per heavy atom. The molecule has 0 aromatic heterocycles. The van der Waals surface area contributed by atoms with E-state index in [1.807, 2.05) is 38.1 Å². The second-order valence-corrected chi connectivity index (χ2v) is 10.2. The molecular weight excluding hydrogens is 492 g/mol.